The number of nitrogens with zero attached hydrogens (tertiary/aromatic N) is 1. The molecule has 1 heterocycles. The lowest BCUT2D eigenvalue weighted by Gasteiger charge is -2.11. The minimum atomic E-state index is -0.294. The molecule has 0 spiro atoms. The molecule has 3 aromatic rings. The van der Waals surface area contributed by atoms with Crippen LogP contribution in [0.25, 0.3) is 0 Å². The van der Waals surface area contributed by atoms with Gasteiger partial charge in [-0.05, 0) is 50.6 Å². The molecule has 0 saturated carbocycles. The van der Waals surface area contributed by atoms with Gasteiger partial charge in [-0.1, -0.05) is 28.9 Å². The van der Waals surface area contributed by atoms with E-state index in [4.69, 9.17) is 18.7 Å². The summed E-state index contributed by atoms with van der Waals surface area (Å²) in [5.41, 5.74) is 4.57. The third-order valence-electron chi connectivity index (χ3n) is 4.66. The van der Waals surface area contributed by atoms with E-state index in [9.17, 15) is 4.79 Å². The summed E-state index contributed by atoms with van der Waals surface area (Å²) in [5, 5.41) is 3.92. The number of rotatable bonds is 8. The van der Waals surface area contributed by atoms with Crippen molar-refractivity contribution in [2.75, 3.05) is 7.11 Å². The van der Waals surface area contributed by atoms with Gasteiger partial charge in [0.1, 0.15) is 30.5 Å². The highest BCUT2D eigenvalue weighted by atomic mass is 16.5. The molecule has 0 aliphatic carbocycles. The van der Waals surface area contributed by atoms with E-state index in [-0.39, 0.29) is 19.0 Å². The Morgan fingerprint density at radius 1 is 1.03 bits per heavy atom. The van der Waals surface area contributed by atoms with Gasteiger partial charge in [-0.2, -0.15) is 0 Å². The third kappa shape index (κ3) is 5.38. The zero-order valence-electron chi connectivity index (χ0n) is 17.2. The Kier molecular flexibility index (Phi) is 6.54. The lowest BCUT2D eigenvalue weighted by atomic mass is 10.1. The smallest absolute Gasteiger partial charge is 0.310 e. The van der Waals surface area contributed by atoms with Crippen molar-refractivity contribution in [3.63, 3.8) is 0 Å². The molecule has 0 saturated heterocycles. The average Bonchev–Trinajstić information content (AvgIpc) is 3.03. The van der Waals surface area contributed by atoms with Gasteiger partial charge in [0.25, 0.3) is 0 Å². The van der Waals surface area contributed by atoms with Crippen molar-refractivity contribution in [2.24, 2.45) is 0 Å². The fourth-order valence-corrected chi connectivity index (χ4v) is 2.96. The standard InChI is InChI=1S/C23H25NO5/c1-15-5-10-22(26-4)19(11-15)13-28-23(25)12-18-6-8-20(9-7-18)27-14-21-16(2)24-29-17(21)3/h5-11H,12-14H2,1-4H3. The van der Waals surface area contributed by atoms with Crippen LogP contribution < -0.4 is 9.47 Å². The van der Waals surface area contributed by atoms with E-state index in [1.54, 1.807) is 7.11 Å². The fraction of sp³-hybridized carbons (Fsp3) is 0.304. The minimum Gasteiger partial charge on any atom is -0.496 e. The number of hydrogen-bond acceptors (Lipinski definition) is 6. The van der Waals surface area contributed by atoms with Crippen molar-refractivity contribution in [1.29, 1.82) is 0 Å². The van der Waals surface area contributed by atoms with E-state index in [0.717, 1.165) is 33.7 Å². The van der Waals surface area contributed by atoms with Crippen LogP contribution in [-0.2, 0) is 29.2 Å². The number of aryl methyl sites for hydroxylation is 3. The number of hydrogen-bond donors (Lipinski definition) is 0. The Morgan fingerprint density at radius 2 is 1.79 bits per heavy atom. The first-order chi connectivity index (χ1) is 14.0. The Labute approximate surface area is 170 Å². The highest BCUT2D eigenvalue weighted by Crippen LogP contribution is 2.21. The van der Waals surface area contributed by atoms with E-state index < -0.39 is 0 Å². The van der Waals surface area contributed by atoms with Crippen molar-refractivity contribution >= 4 is 5.97 Å². The summed E-state index contributed by atoms with van der Waals surface area (Å²) >= 11 is 0. The predicted octanol–water partition coefficient (Wildman–Crippen LogP) is 4.47. The highest BCUT2D eigenvalue weighted by molar-refractivity contribution is 5.72. The Hall–Kier alpha value is -3.28. The molecule has 0 bridgehead atoms. The van der Waals surface area contributed by atoms with Crippen molar-refractivity contribution < 1.29 is 23.5 Å². The van der Waals surface area contributed by atoms with Crippen molar-refractivity contribution in [1.82, 2.24) is 5.16 Å². The molecule has 0 N–H and O–H groups in total. The summed E-state index contributed by atoms with van der Waals surface area (Å²) in [4.78, 5) is 12.2. The maximum Gasteiger partial charge on any atom is 0.310 e. The van der Waals surface area contributed by atoms with Crippen LogP contribution in [0.2, 0.25) is 0 Å². The molecule has 3 rings (SSSR count). The van der Waals surface area contributed by atoms with Crippen molar-refractivity contribution in [3.05, 3.63) is 76.2 Å². The SMILES string of the molecule is COc1ccc(C)cc1COC(=O)Cc1ccc(OCc2c(C)noc2C)cc1. The molecule has 0 aliphatic rings. The molecule has 0 amide bonds. The van der Waals surface area contributed by atoms with Crippen molar-refractivity contribution in [2.45, 2.75) is 40.4 Å². The molecule has 6 nitrogen and oxygen atoms in total. The van der Waals surface area contributed by atoms with Gasteiger partial charge in [0, 0.05) is 5.56 Å². The second kappa shape index (κ2) is 9.28. The molecule has 2 aromatic carbocycles. The first-order valence-corrected chi connectivity index (χ1v) is 9.39. The number of esters is 1. The maximum absolute atomic E-state index is 12.2. The summed E-state index contributed by atoms with van der Waals surface area (Å²) in [5.74, 6) is 1.89. The summed E-state index contributed by atoms with van der Waals surface area (Å²) < 4.78 is 21.6. The van der Waals surface area contributed by atoms with Crippen LogP contribution in [-0.4, -0.2) is 18.2 Å². The summed E-state index contributed by atoms with van der Waals surface area (Å²) in [6.07, 6.45) is 0.193. The average molecular weight is 395 g/mol. The molecule has 0 radical (unpaired) electrons. The molecular weight excluding hydrogens is 370 g/mol. The van der Waals surface area contributed by atoms with Gasteiger partial charge in [0.05, 0.1) is 24.8 Å². The van der Waals surface area contributed by atoms with E-state index in [1.807, 2.05) is 63.2 Å². The number of methoxy groups -OCH3 is 1. The van der Waals surface area contributed by atoms with Crippen LogP contribution in [0.5, 0.6) is 11.5 Å². The molecule has 0 fully saturated rings. The van der Waals surface area contributed by atoms with E-state index in [0.29, 0.717) is 18.1 Å². The molecule has 0 atom stereocenters. The Balaban J connectivity index is 1.51. The largest absolute Gasteiger partial charge is 0.496 e. The van der Waals surface area contributed by atoms with Gasteiger partial charge >= 0.3 is 5.97 Å². The number of carbonyl (C=O) groups is 1. The molecule has 0 aliphatic heterocycles. The summed E-state index contributed by atoms with van der Waals surface area (Å²) in [7, 11) is 1.60. The summed E-state index contributed by atoms with van der Waals surface area (Å²) in [6, 6.07) is 13.2. The van der Waals surface area contributed by atoms with Crippen LogP contribution in [0.4, 0.5) is 0 Å². The first-order valence-electron chi connectivity index (χ1n) is 9.39. The first kappa shape index (κ1) is 20.5. The predicted molar refractivity (Wildman–Crippen MR) is 108 cm³/mol. The maximum atomic E-state index is 12.2. The third-order valence-corrected chi connectivity index (χ3v) is 4.66. The number of ether oxygens (including phenoxy) is 3. The molecule has 152 valence electrons. The number of benzene rings is 2. The minimum absolute atomic E-state index is 0.183. The zero-order chi connectivity index (χ0) is 20.8. The van der Waals surface area contributed by atoms with Gasteiger partial charge in [-0.15, -0.1) is 0 Å². The monoisotopic (exact) mass is 395 g/mol. The molecule has 1 aromatic heterocycles. The van der Waals surface area contributed by atoms with E-state index >= 15 is 0 Å². The van der Waals surface area contributed by atoms with Gasteiger partial charge < -0.3 is 18.7 Å². The van der Waals surface area contributed by atoms with Crippen LogP contribution in [0, 0.1) is 20.8 Å². The van der Waals surface area contributed by atoms with Crippen LogP contribution in [0.15, 0.2) is 47.0 Å². The van der Waals surface area contributed by atoms with Gasteiger partial charge in [-0.3, -0.25) is 4.79 Å². The molecule has 6 heteroatoms. The normalized spacial score (nSPS) is 10.6. The quantitative estimate of drug-likeness (QED) is 0.524. The Morgan fingerprint density at radius 3 is 2.45 bits per heavy atom. The second-order valence-electron chi connectivity index (χ2n) is 6.89. The topological polar surface area (TPSA) is 70.8 Å². The summed E-state index contributed by atoms with van der Waals surface area (Å²) in [6.45, 7) is 6.30. The number of carbonyl (C=O) groups excluding carboxylic acids is 1. The van der Waals surface area contributed by atoms with E-state index in [1.165, 1.54) is 0 Å². The fourth-order valence-electron chi connectivity index (χ4n) is 2.96. The van der Waals surface area contributed by atoms with Crippen LogP contribution in [0.3, 0.4) is 0 Å². The van der Waals surface area contributed by atoms with Gasteiger partial charge in [-0.25, -0.2) is 0 Å². The molecule has 0 unspecified atom stereocenters. The van der Waals surface area contributed by atoms with Gasteiger partial charge in [0.15, 0.2) is 0 Å². The Bertz CT molecular complexity index is 956. The number of aromatic nitrogens is 1. The van der Waals surface area contributed by atoms with Crippen LogP contribution in [0.1, 0.15) is 33.7 Å². The van der Waals surface area contributed by atoms with Gasteiger partial charge in [0.2, 0.25) is 0 Å². The second-order valence-corrected chi connectivity index (χ2v) is 6.89. The lowest BCUT2D eigenvalue weighted by Crippen LogP contribution is -2.08. The molecular formula is C23H25NO5. The van der Waals surface area contributed by atoms with Crippen LogP contribution >= 0.6 is 0 Å². The van der Waals surface area contributed by atoms with Crippen molar-refractivity contribution in [3.8, 4) is 11.5 Å². The zero-order valence-corrected chi connectivity index (χ0v) is 17.2. The highest BCUT2D eigenvalue weighted by Gasteiger charge is 2.11. The van der Waals surface area contributed by atoms with E-state index in [2.05, 4.69) is 5.16 Å². The lowest BCUT2D eigenvalue weighted by molar-refractivity contribution is -0.144. The molecule has 29 heavy (non-hydrogen) atoms.